The number of hydrogen-bond acceptors (Lipinski definition) is 4. The smallest absolute Gasteiger partial charge is 0.238 e. The van der Waals surface area contributed by atoms with Gasteiger partial charge >= 0.3 is 0 Å². The molecule has 10 rings (SSSR count). The molecule has 56 heavy (non-hydrogen) atoms. The highest BCUT2D eigenvalue weighted by Crippen LogP contribution is 2.39. The SMILES string of the molecule is c1ccc(-c2ccc(-c3nc(-c4ccccc4-c4cccc(N(c5ccccc5)c5ccccc5)c4)nc(-n4c5ccccc5c5ccccc54)n3)cc2)cc1. The first kappa shape index (κ1) is 33.0. The van der Waals surface area contributed by atoms with Gasteiger partial charge in [0.05, 0.1) is 11.0 Å². The maximum Gasteiger partial charge on any atom is 0.238 e. The van der Waals surface area contributed by atoms with Crippen molar-refractivity contribution in [2.75, 3.05) is 4.90 Å². The molecule has 0 fully saturated rings. The lowest BCUT2D eigenvalue weighted by Crippen LogP contribution is -2.09. The minimum atomic E-state index is 0.567. The van der Waals surface area contributed by atoms with E-state index in [0.717, 1.165) is 72.2 Å². The summed E-state index contributed by atoms with van der Waals surface area (Å²) >= 11 is 0. The molecule has 0 unspecified atom stereocenters. The van der Waals surface area contributed by atoms with Crippen molar-refractivity contribution < 1.29 is 0 Å². The number of para-hydroxylation sites is 4. The fraction of sp³-hybridized carbons (Fsp3) is 0. The van der Waals surface area contributed by atoms with Gasteiger partial charge < -0.3 is 4.90 Å². The van der Waals surface area contributed by atoms with E-state index in [1.54, 1.807) is 0 Å². The van der Waals surface area contributed by atoms with Crippen LogP contribution in [-0.2, 0) is 0 Å². The molecule has 0 N–H and O–H groups in total. The molecule has 0 amide bonds. The third-order valence-electron chi connectivity index (χ3n) is 10.3. The second kappa shape index (κ2) is 14.3. The van der Waals surface area contributed by atoms with Crippen LogP contribution in [0.25, 0.3) is 72.8 Å². The normalized spacial score (nSPS) is 11.2. The third-order valence-corrected chi connectivity index (χ3v) is 10.3. The van der Waals surface area contributed by atoms with E-state index in [0.29, 0.717) is 17.6 Å². The Balaban J connectivity index is 1.16. The van der Waals surface area contributed by atoms with Crippen molar-refractivity contribution >= 4 is 38.9 Å². The monoisotopic (exact) mass is 717 g/mol. The zero-order valence-electron chi connectivity index (χ0n) is 30.4. The van der Waals surface area contributed by atoms with Crippen LogP contribution in [0.1, 0.15) is 0 Å². The van der Waals surface area contributed by atoms with E-state index in [1.165, 1.54) is 0 Å². The first-order valence-electron chi connectivity index (χ1n) is 18.8. The van der Waals surface area contributed by atoms with Crippen LogP contribution in [-0.4, -0.2) is 19.5 Å². The average molecular weight is 718 g/mol. The summed E-state index contributed by atoms with van der Waals surface area (Å²) < 4.78 is 2.17. The standard InChI is InChI=1S/C51H35N5/c1-4-17-36(18-5-1)37-31-33-38(34-32-37)49-52-50(54-51(53-49)56-47-29-14-12-26-44(47)45-27-13-15-30-48(45)56)46-28-11-10-25-43(46)39-19-16-24-42(35-39)55(40-20-6-2-7-21-40)41-22-8-3-9-23-41/h1-35H. The van der Waals surface area contributed by atoms with Crippen LogP contribution in [0.15, 0.2) is 212 Å². The van der Waals surface area contributed by atoms with E-state index in [-0.39, 0.29) is 0 Å². The van der Waals surface area contributed by atoms with E-state index in [2.05, 4.69) is 204 Å². The van der Waals surface area contributed by atoms with E-state index in [4.69, 9.17) is 15.0 Å². The van der Waals surface area contributed by atoms with Gasteiger partial charge in [0.1, 0.15) is 0 Å². The van der Waals surface area contributed by atoms with Gasteiger partial charge in [0.25, 0.3) is 0 Å². The highest BCUT2D eigenvalue weighted by molar-refractivity contribution is 6.09. The summed E-state index contributed by atoms with van der Waals surface area (Å²) in [6, 6.07) is 73.9. The highest BCUT2D eigenvalue weighted by Gasteiger charge is 2.20. The predicted molar refractivity (Wildman–Crippen MR) is 231 cm³/mol. The molecular weight excluding hydrogens is 683 g/mol. The summed E-state index contributed by atoms with van der Waals surface area (Å²) in [5, 5.41) is 2.30. The maximum atomic E-state index is 5.31. The Labute approximate surface area is 325 Å². The Morgan fingerprint density at radius 2 is 0.786 bits per heavy atom. The van der Waals surface area contributed by atoms with Crippen LogP contribution in [0.2, 0.25) is 0 Å². The molecule has 2 aromatic heterocycles. The largest absolute Gasteiger partial charge is 0.310 e. The molecule has 264 valence electrons. The molecule has 0 aliphatic heterocycles. The van der Waals surface area contributed by atoms with Gasteiger partial charge in [-0.25, -0.2) is 4.98 Å². The molecule has 0 aliphatic rings. The van der Waals surface area contributed by atoms with Crippen molar-refractivity contribution in [3.8, 4) is 51.0 Å². The van der Waals surface area contributed by atoms with Crippen molar-refractivity contribution in [1.29, 1.82) is 0 Å². The first-order valence-corrected chi connectivity index (χ1v) is 18.8. The molecule has 2 heterocycles. The van der Waals surface area contributed by atoms with E-state index >= 15 is 0 Å². The minimum absolute atomic E-state index is 0.567. The van der Waals surface area contributed by atoms with Crippen molar-refractivity contribution in [1.82, 2.24) is 19.5 Å². The maximum absolute atomic E-state index is 5.31. The second-order valence-corrected chi connectivity index (χ2v) is 13.7. The van der Waals surface area contributed by atoms with Gasteiger partial charge in [-0.05, 0) is 70.8 Å². The fourth-order valence-corrected chi connectivity index (χ4v) is 7.64. The zero-order chi connectivity index (χ0) is 37.3. The lowest BCUT2D eigenvalue weighted by molar-refractivity contribution is 0.953. The number of aromatic nitrogens is 4. The third kappa shape index (κ3) is 6.07. The molecule has 0 atom stereocenters. The molecule has 0 radical (unpaired) electrons. The lowest BCUT2D eigenvalue weighted by atomic mass is 9.98. The van der Waals surface area contributed by atoms with Gasteiger partial charge in [0.2, 0.25) is 5.95 Å². The molecule has 8 aromatic carbocycles. The van der Waals surface area contributed by atoms with Gasteiger partial charge in [0.15, 0.2) is 11.6 Å². The topological polar surface area (TPSA) is 46.8 Å². The van der Waals surface area contributed by atoms with Crippen molar-refractivity contribution in [3.63, 3.8) is 0 Å². The van der Waals surface area contributed by atoms with E-state index < -0.39 is 0 Å². The molecule has 5 nitrogen and oxygen atoms in total. The summed E-state index contributed by atoms with van der Waals surface area (Å²) in [4.78, 5) is 18.0. The van der Waals surface area contributed by atoms with Crippen molar-refractivity contribution in [2.45, 2.75) is 0 Å². The molecule has 0 spiro atoms. The van der Waals surface area contributed by atoms with E-state index in [1.807, 2.05) is 18.2 Å². The van der Waals surface area contributed by atoms with Crippen LogP contribution in [0.4, 0.5) is 17.1 Å². The molecule has 0 saturated carbocycles. The van der Waals surface area contributed by atoms with Crippen molar-refractivity contribution in [3.05, 3.63) is 212 Å². The summed E-state index contributed by atoms with van der Waals surface area (Å²) in [5.41, 5.74) is 11.5. The molecule has 0 saturated heterocycles. The minimum Gasteiger partial charge on any atom is -0.310 e. The van der Waals surface area contributed by atoms with Gasteiger partial charge in [-0.3, -0.25) is 4.57 Å². The number of fused-ring (bicyclic) bond motifs is 3. The first-order chi connectivity index (χ1) is 27.8. The molecular formula is C51H35N5. The lowest BCUT2D eigenvalue weighted by Gasteiger charge is -2.26. The summed E-state index contributed by atoms with van der Waals surface area (Å²) in [5.74, 6) is 1.77. The highest BCUT2D eigenvalue weighted by atomic mass is 15.2. The predicted octanol–water partition coefficient (Wildman–Crippen LogP) is 13.1. The van der Waals surface area contributed by atoms with Crippen LogP contribution in [0, 0.1) is 0 Å². The Hall–Kier alpha value is -7.63. The molecule has 0 aliphatic carbocycles. The van der Waals surface area contributed by atoms with Crippen molar-refractivity contribution in [2.24, 2.45) is 0 Å². The number of hydrogen-bond donors (Lipinski definition) is 0. The summed E-state index contributed by atoms with van der Waals surface area (Å²) in [6.07, 6.45) is 0. The van der Waals surface area contributed by atoms with Gasteiger partial charge in [-0.1, -0.05) is 164 Å². The number of rotatable bonds is 8. The Morgan fingerprint density at radius 3 is 1.43 bits per heavy atom. The fourth-order valence-electron chi connectivity index (χ4n) is 7.64. The van der Waals surface area contributed by atoms with Crippen LogP contribution >= 0.6 is 0 Å². The van der Waals surface area contributed by atoms with Gasteiger partial charge in [-0.15, -0.1) is 0 Å². The number of nitrogens with zero attached hydrogens (tertiary/aromatic N) is 5. The summed E-state index contributed by atoms with van der Waals surface area (Å²) in [6.45, 7) is 0. The van der Waals surface area contributed by atoms with Crippen LogP contribution < -0.4 is 4.90 Å². The Morgan fingerprint density at radius 1 is 0.321 bits per heavy atom. The zero-order valence-corrected chi connectivity index (χ0v) is 30.4. The van der Waals surface area contributed by atoms with E-state index in [9.17, 15) is 0 Å². The van der Waals surface area contributed by atoms with Gasteiger partial charge in [0, 0.05) is 39.0 Å². The molecule has 0 bridgehead atoms. The quantitative estimate of drug-likeness (QED) is 0.157. The Kier molecular flexibility index (Phi) is 8.43. The Bertz CT molecular complexity index is 2860. The second-order valence-electron chi connectivity index (χ2n) is 13.7. The van der Waals surface area contributed by atoms with Gasteiger partial charge in [-0.2, -0.15) is 9.97 Å². The average Bonchev–Trinajstić information content (AvgIpc) is 3.62. The number of anilines is 3. The molecule has 10 aromatic rings. The van der Waals surface area contributed by atoms with Crippen LogP contribution in [0.3, 0.4) is 0 Å². The number of benzene rings is 8. The van der Waals surface area contributed by atoms with Crippen LogP contribution in [0.5, 0.6) is 0 Å². The molecule has 5 heteroatoms. The summed E-state index contributed by atoms with van der Waals surface area (Å²) in [7, 11) is 0.